The molecular weight excluding hydrogens is 533 g/mol. The van der Waals surface area contributed by atoms with Crippen molar-refractivity contribution in [3.63, 3.8) is 0 Å². The first kappa shape index (κ1) is 28.2. The summed E-state index contributed by atoms with van der Waals surface area (Å²) in [5.41, 5.74) is 17.8. The molecule has 0 spiro atoms. The van der Waals surface area contributed by atoms with Crippen LogP contribution < -0.4 is 11.1 Å². The standard InChI is InChI=1S/C37H40N4S/c1-26-32(18-20-38)34-14-7-8-15-36(34)41(26)25-29-12-9-13-30(22-29)39-21-19-33-27(2)40(24-28-10-5-4-6-11-28)37-17-16-31(42-3)23-35(33)37/h4-17,22-23,39H,18-21,24-25,38H2,1-3H3. The topological polar surface area (TPSA) is 47.9 Å². The molecule has 0 atom stereocenters. The Balaban J connectivity index is 1.22. The molecule has 0 unspecified atom stereocenters. The molecule has 0 fully saturated rings. The molecule has 214 valence electrons. The van der Waals surface area contributed by atoms with Gasteiger partial charge in [-0.1, -0.05) is 60.7 Å². The Hall–Kier alpha value is -3.93. The third-order valence-electron chi connectivity index (χ3n) is 8.57. The van der Waals surface area contributed by atoms with E-state index in [1.165, 1.54) is 66.0 Å². The number of thioether (sulfide) groups is 1. The highest BCUT2D eigenvalue weighted by Crippen LogP contribution is 2.31. The molecule has 0 aliphatic carbocycles. The van der Waals surface area contributed by atoms with Gasteiger partial charge in [0.2, 0.25) is 0 Å². The Morgan fingerprint density at radius 3 is 2.10 bits per heavy atom. The van der Waals surface area contributed by atoms with Crippen LogP contribution in [0, 0.1) is 13.8 Å². The van der Waals surface area contributed by atoms with Crippen molar-refractivity contribution in [2.45, 2.75) is 44.7 Å². The fourth-order valence-corrected chi connectivity index (χ4v) is 6.84. The van der Waals surface area contributed by atoms with Gasteiger partial charge in [0, 0.05) is 63.4 Å². The van der Waals surface area contributed by atoms with Crippen molar-refractivity contribution in [2.24, 2.45) is 5.73 Å². The Morgan fingerprint density at radius 1 is 0.667 bits per heavy atom. The van der Waals surface area contributed by atoms with E-state index in [2.05, 4.69) is 132 Å². The Morgan fingerprint density at radius 2 is 1.33 bits per heavy atom. The van der Waals surface area contributed by atoms with Gasteiger partial charge in [-0.2, -0.15) is 0 Å². The van der Waals surface area contributed by atoms with Gasteiger partial charge >= 0.3 is 0 Å². The maximum Gasteiger partial charge on any atom is 0.0489 e. The fraction of sp³-hybridized carbons (Fsp3) is 0.243. The molecule has 0 radical (unpaired) electrons. The maximum atomic E-state index is 5.96. The van der Waals surface area contributed by atoms with E-state index in [9.17, 15) is 0 Å². The first-order valence-electron chi connectivity index (χ1n) is 14.9. The van der Waals surface area contributed by atoms with Crippen LogP contribution in [-0.4, -0.2) is 28.5 Å². The van der Waals surface area contributed by atoms with Crippen molar-refractivity contribution >= 4 is 39.3 Å². The normalized spacial score (nSPS) is 11.5. The molecule has 4 aromatic carbocycles. The number of fused-ring (bicyclic) bond motifs is 2. The quantitative estimate of drug-likeness (QED) is 0.154. The maximum absolute atomic E-state index is 5.96. The fourth-order valence-electron chi connectivity index (χ4n) is 6.40. The van der Waals surface area contributed by atoms with Gasteiger partial charge in [0.15, 0.2) is 0 Å². The van der Waals surface area contributed by atoms with Crippen molar-refractivity contribution in [3.05, 3.63) is 131 Å². The number of hydrogen-bond donors (Lipinski definition) is 2. The molecule has 0 saturated heterocycles. The second kappa shape index (κ2) is 12.5. The monoisotopic (exact) mass is 572 g/mol. The minimum atomic E-state index is 0.664. The molecular formula is C37H40N4S. The van der Waals surface area contributed by atoms with Gasteiger partial charge in [0.1, 0.15) is 0 Å². The zero-order valence-corrected chi connectivity index (χ0v) is 25.7. The van der Waals surface area contributed by atoms with Gasteiger partial charge in [0.05, 0.1) is 0 Å². The summed E-state index contributed by atoms with van der Waals surface area (Å²) < 4.78 is 4.92. The molecule has 0 saturated carbocycles. The first-order valence-corrected chi connectivity index (χ1v) is 16.1. The lowest BCUT2D eigenvalue weighted by atomic mass is 10.1. The van der Waals surface area contributed by atoms with Crippen LogP contribution >= 0.6 is 11.8 Å². The number of anilines is 1. The molecule has 6 aromatic rings. The minimum absolute atomic E-state index is 0.664. The highest BCUT2D eigenvalue weighted by molar-refractivity contribution is 7.98. The van der Waals surface area contributed by atoms with E-state index in [1.54, 1.807) is 11.8 Å². The van der Waals surface area contributed by atoms with Crippen LogP contribution in [0.2, 0.25) is 0 Å². The van der Waals surface area contributed by atoms with Gasteiger partial charge in [-0.05, 0) is 98.1 Å². The van der Waals surface area contributed by atoms with E-state index in [1.807, 2.05) is 0 Å². The summed E-state index contributed by atoms with van der Waals surface area (Å²) >= 11 is 1.81. The van der Waals surface area contributed by atoms with E-state index >= 15 is 0 Å². The average Bonchev–Trinajstić information content (AvgIpc) is 3.43. The molecule has 6 rings (SSSR count). The summed E-state index contributed by atoms with van der Waals surface area (Å²) in [4.78, 5) is 1.31. The van der Waals surface area contributed by atoms with Crippen LogP contribution in [0.3, 0.4) is 0 Å². The molecule has 42 heavy (non-hydrogen) atoms. The number of nitrogens with one attached hydrogen (secondary N) is 1. The van der Waals surface area contributed by atoms with E-state index in [-0.39, 0.29) is 0 Å². The zero-order chi connectivity index (χ0) is 29.1. The van der Waals surface area contributed by atoms with E-state index in [0.29, 0.717) is 6.54 Å². The summed E-state index contributed by atoms with van der Waals surface area (Å²) in [5.74, 6) is 0. The van der Waals surface area contributed by atoms with Crippen LogP contribution in [-0.2, 0) is 25.9 Å². The summed E-state index contributed by atoms with van der Waals surface area (Å²) in [6.07, 6.45) is 4.02. The van der Waals surface area contributed by atoms with E-state index in [0.717, 1.165) is 32.5 Å². The summed E-state index contributed by atoms with van der Waals surface area (Å²) in [5, 5.41) is 6.43. The number of hydrogen-bond acceptors (Lipinski definition) is 3. The van der Waals surface area contributed by atoms with Crippen LogP contribution in [0.4, 0.5) is 5.69 Å². The SMILES string of the molecule is CSc1ccc2c(c1)c(CCNc1cccc(Cn3c(C)c(CCN)c4ccccc43)c1)c(C)n2Cc1ccccc1. The third-order valence-corrected chi connectivity index (χ3v) is 9.30. The predicted octanol–water partition coefficient (Wildman–Crippen LogP) is 8.19. The summed E-state index contributed by atoms with van der Waals surface area (Å²) in [6, 6.07) is 35.3. The van der Waals surface area contributed by atoms with Crippen LogP contribution in [0.5, 0.6) is 0 Å². The minimum Gasteiger partial charge on any atom is -0.385 e. The van der Waals surface area contributed by atoms with Gasteiger partial charge in [-0.3, -0.25) is 0 Å². The number of nitrogens with two attached hydrogens (primary N) is 1. The first-order chi connectivity index (χ1) is 20.6. The number of benzene rings is 4. The van der Waals surface area contributed by atoms with E-state index < -0.39 is 0 Å². The van der Waals surface area contributed by atoms with Gasteiger partial charge in [-0.25, -0.2) is 0 Å². The highest BCUT2D eigenvalue weighted by atomic mass is 32.2. The Bertz CT molecular complexity index is 1830. The van der Waals surface area contributed by atoms with Gasteiger partial charge in [0.25, 0.3) is 0 Å². The average molecular weight is 573 g/mol. The lowest BCUT2D eigenvalue weighted by Gasteiger charge is -2.12. The third kappa shape index (κ3) is 5.59. The van der Waals surface area contributed by atoms with Crippen LogP contribution in [0.25, 0.3) is 21.8 Å². The molecule has 0 amide bonds. The van der Waals surface area contributed by atoms with Gasteiger partial charge < -0.3 is 20.2 Å². The van der Waals surface area contributed by atoms with Crippen molar-refractivity contribution in [1.82, 2.24) is 9.13 Å². The molecule has 4 nitrogen and oxygen atoms in total. The molecule has 0 aliphatic heterocycles. The van der Waals surface area contributed by atoms with Crippen molar-refractivity contribution < 1.29 is 0 Å². The van der Waals surface area contributed by atoms with Crippen molar-refractivity contribution in [3.8, 4) is 0 Å². The zero-order valence-electron chi connectivity index (χ0n) is 24.9. The number of para-hydroxylation sites is 1. The lowest BCUT2D eigenvalue weighted by Crippen LogP contribution is -2.08. The predicted molar refractivity (Wildman–Crippen MR) is 181 cm³/mol. The molecule has 0 aliphatic rings. The second-order valence-electron chi connectivity index (χ2n) is 11.1. The molecule has 2 heterocycles. The van der Waals surface area contributed by atoms with Crippen LogP contribution in [0.15, 0.2) is 102 Å². The number of nitrogens with zero attached hydrogens (tertiary/aromatic N) is 2. The van der Waals surface area contributed by atoms with E-state index in [4.69, 9.17) is 5.73 Å². The highest BCUT2D eigenvalue weighted by Gasteiger charge is 2.16. The largest absolute Gasteiger partial charge is 0.385 e. The van der Waals surface area contributed by atoms with Crippen LogP contribution in [0.1, 0.15) is 33.6 Å². The van der Waals surface area contributed by atoms with Gasteiger partial charge in [-0.15, -0.1) is 11.8 Å². The molecule has 2 aromatic heterocycles. The second-order valence-corrected chi connectivity index (χ2v) is 12.0. The molecule has 5 heteroatoms. The summed E-state index contributed by atoms with van der Waals surface area (Å²) in [7, 11) is 0. The summed E-state index contributed by atoms with van der Waals surface area (Å²) in [6.45, 7) is 7.78. The number of rotatable bonds is 11. The number of aromatic nitrogens is 2. The lowest BCUT2D eigenvalue weighted by molar-refractivity contribution is 0.791. The smallest absolute Gasteiger partial charge is 0.0489 e. The Labute approximate surface area is 253 Å². The van der Waals surface area contributed by atoms with Crippen molar-refractivity contribution in [1.29, 1.82) is 0 Å². The molecule has 3 N–H and O–H groups in total. The molecule has 0 bridgehead atoms. The van der Waals surface area contributed by atoms with Crippen molar-refractivity contribution in [2.75, 3.05) is 24.7 Å². The Kier molecular flexibility index (Phi) is 8.41.